The molecule has 1 atom stereocenters. The van der Waals surface area contributed by atoms with Gasteiger partial charge in [-0.05, 0) is 61.2 Å². The minimum Gasteiger partial charge on any atom is -0.493 e. The molecule has 0 spiro atoms. The molecular formula is C19H24N2O2. The molecule has 1 aliphatic heterocycles. The zero-order chi connectivity index (χ0) is 16.4. The number of anilines is 2. The zero-order valence-corrected chi connectivity index (χ0v) is 14.2. The van der Waals surface area contributed by atoms with Gasteiger partial charge in [0.1, 0.15) is 0 Å². The first-order chi connectivity index (χ1) is 11.1. The summed E-state index contributed by atoms with van der Waals surface area (Å²) in [6.45, 7) is 5.23. The molecule has 0 fully saturated rings. The molecule has 1 aliphatic rings. The van der Waals surface area contributed by atoms with Crippen LogP contribution in [0, 0.1) is 13.8 Å². The van der Waals surface area contributed by atoms with Crippen molar-refractivity contribution in [3.63, 3.8) is 0 Å². The molecule has 0 saturated carbocycles. The molecule has 0 amide bonds. The fourth-order valence-electron chi connectivity index (χ4n) is 3.01. The van der Waals surface area contributed by atoms with Gasteiger partial charge in [0.2, 0.25) is 0 Å². The Kier molecular flexibility index (Phi) is 4.33. The van der Waals surface area contributed by atoms with Gasteiger partial charge in [-0.2, -0.15) is 0 Å². The fraction of sp³-hybridized carbons (Fsp3) is 0.368. The van der Waals surface area contributed by atoms with Gasteiger partial charge in [-0.3, -0.25) is 0 Å². The number of methoxy groups -OCH3 is 2. The first-order valence-corrected chi connectivity index (χ1v) is 7.96. The average molecular weight is 312 g/mol. The molecule has 0 bridgehead atoms. The molecule has 23 heavy (non-hydrogen) atoms. The highest BCUT2D eigenvalue weighted by atomic mass is 16.5. The lowest BCUT2D eigenvalue weighted by molar-refractivity contribution is 0.354. The van der Waals surface area contributed by atoms with Gasteiger partial charge in [0, 0.05) is 6.54 Å². The summed E-state index contributed by atoms with van der Waals surface area (Å²) in [4.78, 5) is 0. The van der Waals surface area contributed by atoms with Crippen LogP contribution in [-0.2, 0) is 0 Å². The molecule has 4 heteroatoms. The van der Waals surface area contributed by atoms with E-state index >= 15 is 0 Å². The van der Waals surface area contributed by atoms with Gasteiger partial charge in [0.25, 0.3) is 0 Å². The summed E-state index contributed by atoms with van der Waals surface area (Å²) in [7, 11) is 3.33. The van der Waals surface area contributed by atoms with Crippen LogP contribution in [0.15, 0.2) is 30.3 Å². The number of hydrogen-bond donors (Lipinski definition) is 2. The monoisotopic (exact) mass is 312 g/mol. The molecule has 0 radical (unpaired) electrons. The third-order valence-corrected chi connectivity index (χ3v) is 4.52. The average Bonchev–Trinajstić information content (AvgIpc) is 2.77. The number of hydrogen-bond acceptors (Lipinski definition) is 4. The van der Waals surface area contributed by atoms with E-state index in [1.807, 2.05) is 6.07 Å². The van der Waals surface area contributed by atoms with Crippen LogP contribution in [0.5, 0.6) is 11.5 Å². The number of nitrogens with one attached hydrogen (secondary N) is 2. The summed E-state index contributed by atoms with van der Waals surface area (Å²) in [5.41, 5.74) is 6.14. The van der Waals surface area contributed by atoms with E-state index in [2.05, 4.69) is 48.7 Å². The van der Waals surface area contributed by atoms with Crippen LogP contribution in [0.1, 0.15) is 29.2 Å². The van der Waals surface area contributed by atoms with Crippen molar-refractivity contribution in [1.82, 2.24) is 0 Å². The van der Waals surface area contributed by atoms with Gasteiger partial charge in [-0.15, -0.1) is 0 Å². The Balaban J connectivity index is 1.93. The first-order valence-electron chi connectivity index (χ1n) is 7.96. The van der Waals surface area contributed by atoms with Crippen molar-refractivity contribution >= 4 is 11.4 Å². The van der Waals surface area contributed by atoms with Gasteiger partial charge in [-0.1, -0.05) is 6.07 Å². The Hall–Kier alpha value is -2.36. The molecular weight excluding hydrogens is 288 g/mol. The molecule has 1 heterocycles. The van der Waals surface area contributed by atoms with Crippen molar-refractivity contribution in [1.29, 1.82) is 0 Å². The number of benzene rings is 2. The maximum absolute atomic E-state index is 5.43. The minimum atomic E-state index is 0.241. The van der Waals surface area contributed by atoms with E-state index in [4.69, 9.17) is 9.47 Å². The molecule has 2 N–H and O–H groups in total. The number of ether oxygens (including phenoxy) is 2. The lowest BCUT2D eigenvalue weighted by atomic mass is 10.0. The Morgan fingerprint density at radius 1 is 0.913 bits per heavy atom. The van der Waals surface area contributed by atoms with Crippen molar-refractivity contribution in [2.24, 2.45) is 0 Å². The highest BCUT2D eigenvalue weighted by Crippen LogP contribution is 2.36. The summed E-state index contributed by atoms with van der Waals surface area (Å²) in [5.74, 6) is 1.53. The highest BCUT2D eigenvalue weighted by Gasteiger charge is 2.19. The third-order valence-electron chi connectivity index (χ3n) is 4.52. The summed E-state index contributed by atoms with van der Waals surface area (Å²) in [6.07, 6.45) is 1.00. The SMILES string of the molecule is COc1ccc(C2CCNc3cc(C)c(C)cc3N2)cc1OC. The van der Waals surface area contributed by atoms with Crippen molar-refractivity contribution in [2.45, 2.75) is 26.3 Å². The van der Waals surface area contributed by atoms with E-state index in [0.717, 1.165) is 30.2 Å². The van der Waals surface area contributed by atoms with Crippen LogP contribution in [0.3, 0.4) is 0 Å². The van der Waals surface area contributed by atoms with Gasteiger partial charge in [0.15, 0.2) is 11.5 Å². The Morgan fingerprint density at radius 3 is 2.30 bits per heavy atom. The van der Waals surface area contributed by atoms with E-state index in [1.54, 1.807) is 14.2 Å². The topological polar surface area (TPSA) is 42.5 Å². The van der Waals surface area contributed by atoms with Crippen LogP contribution in [0.4, 0.5) is 11.4 Å². The zero-order valence-electron chi connectivity index (χ0n) is 14.2. The van der Waals surface area contributed by atoms with Gasteiger partial charge in [0.05, 0.1) is 31.6 Å². The standard InChI is InChI=1S/C19H24N2O2/c1-12-9-16-17(10-13(12)2)21-15(7-8-20-16)14-5-6-18(22-3)19(11-14)23-4/h5-6,9-11,15,20-21H,7-8H2,1-4H3. The van der Waals surface area contributed by atoms with Gasteiger partial charge in [-0.25, -0.2) is 0 Å². The lowest BCUT2D eigenvalue weighted by Crippen LogP contribution is -2.11. The van der Waals surface area contributed by atoms with E-state index in [1.165, 1.54) is 22.4 Å². The van der Waals surface area contributed by atoms with Crippen molar-refractivity contribution in [3.05, 3.63) is 47.0 Å². The van der Waals surface area contributed by atoms with Crippen molar-refractivity contribution in [2.75, 3.05) is 31.4 Å². The van der Waals surface area contributed by atoms with E-state index in [9.17, 15) is 0 Å². The summed E-state index contributed by atoms with van der Waals surface area (Å²) >= 11 is 0. The molecule has 0 saturated heterocycles. The van der Waals surface area contributed by atoms with Crippen LogP contribution in [-0.4, -0.2) is 20.8 Å². The summed E-state index contributed by atoms with van der Waals surface area (Å²) in [5, 5.41) is 7.20. The molecule has 0 aromatic heterocycles. The van der Waals surface area contributed by atoms with E-state index < -0.39 is 0 Å². The normalized spacial score (nSPS) is 16.6. The van der Waals surface area contributed by atoms with Gasteiger partial charge < -0.3 is 20.1 Å². The quantitative estimate of drug-likeness (QED) is 0.887. The van der Waals surface area contributed by atoms with Crippen LogP contribution >= 0.6 is 0 Å². The molecule has 0 aliphatic carbocycles. The van der Waals surface area contributed by atoms with Crippen LogP contribution in [0.25, 0.3) is 0 Å². The molecule has 1 unspecified atom stereocenters. The summed E-state index contributed by atoms with van der Waals surface area (Å²) in [6, 6.07) is 10.8. The maximum Gasteiger partial charge on any atom is 0.161 e. The second kappa shape index (κ2) is 6.41. The molecule has 2 aromatic carbocycles. The number of fused-ring (bicyclic) bond motifs is 1. The van der Waals surface area contributed by atoms with Crippen LogP contribution < -0.4 is 20.1 Å². The van der Waals surface area contributed by atoms with Gasteiger partial charge >= 0.3 is 0 Å². The second-order valence-corrected chi connectivity index (χ2v) is 6.01. The minimum absolute atomic E-state index is 0.241. The van der Waals surface area contributed by atoms with Crippen molar-refractivity contribution < 1.29 is 9.47 Å². The third kappa shape index (κ3) is 3.07. The lowest BCUT2D eigenvalue weighted by Gasteiger charge is -2.20. The Labute approximate surface area is 137 Å². The van der Waals surface area contributed by atoms with E-state index in [-0.39, 0.29) is 6.04 Å². The fourth-order valence-corrected chi connectivity index (χ4v) is 3.01. The van der Waals surface area contributed by atoms with Crippen molar-refractivity contribution in [3.8, 4) is 11.5 Å². The number of rotatable bonds is 3. The molecule has 4 nitrogen and oxygen atoms in total. The first kappa shape index (κ1) is 15.5. The Bertz CT molecular complexity index is 713. The predicted molar refractivity (Wildman–Crippen MR) is 94.9 cm³/mol. The number of aryl methyl sites for hydroxylation is 2. The second-order valence-electron chi connectivity index (χ2n) is 6.01. The predicted octanol–water partition coefficient (Wildman–Crippen LogP) is 4.29. The largest absolute Gasteiger partial charge is 0.493 e. The summed E-state index contributed by atoms with van der Waals surface area (Å²) < 4.78 is 10.8. The maximum atomic E-state index is 5.43. The van der Waals surface area contributed by atoms with E-state index in [0.29, 0.717) is 0 Å². The molecule has 122 valence electrons. The Morgan fingerprint density at radius 2 is 1.61 bits per heavy atom. The molecule has 3 rings (SSSR count). The highest BCUT2D eigenvalue weighted by molar-refractivity contribution is 5.72. The molecule has 2 aromatic rings. The van der Waals surface area contributed by atoms with Crippen LogP contribution in [0.2, 0.25) is 0 Å². The smallest absolute Gasteiger partial charge is 0.161 e.